The van der Waals surface area contributed by atoms with Gasteiger partial charge in [0.2, 0.25) is 0 Å². The van der Waals surface area contributed by atoms with Gasteiger partial charge >= 0.3 is 0 Å². The Labute approximate surface area is 139 Å². The highest BCUT2D eigenvalue weighted by molar-refractivity contribution is 9.11. The van der Waals surface area contributed by atoms with E-state index >= 15 is 0 Å². The van der Waals surface area contributed by atoms with Crippen LogP contribution in [0.15, 0.2) is 21.2 Å². The predicted octanol–water partition coefficient (Wildman–Crippen LogP) is 3.05. The first-order chi connectivity index (χ1) is 9.43. The zero-order valence-corrected chi connectivity index (χ0v) is 14.9. The molecule has 0 spiro atoms. The SMILES string of the molecule is Cc1nn(C)c(Cl)c1CC(NN)c1ncc(Br)cc1Br. The standard InChI is InChI=1S/C12H14Br2ClN5/c1-6-8(12(15)20(2)19-6)4-10(18-16)11-9(14)3-7(13)5-17-11/h3,5,10,18H,4,16H2,1-2H3. The van der Waals surface area contributed by atoms with Gasteiger partial charge in [-0.15, -0.1) is 0 Å². The number of hydrogen-bond acceptors (Lipinski definition) is 4. The van der Waals surface area contributed by atoms with Crippen molar-refractivity contribution in [3.8, 4) is 0 Å². The number of aromatic nitrogens is 3. The Morgan fingerprint density at radius 1 is 1.50 bits per heavy atom. The van der Waals surface area contributed by atoms with Crippen LogP contribution in [0, 0.1) is 6.92 Å². The molecule has 0 aliphatic heterocycles. The van der Waals surface area contributed by atoms with E-state index in [1.165, 1.54) is 0 Å². The van der Waals surface area contributed by atoms with Crippen molar-refractivity contribution in [3.05, 3.63) is 43.3 Å². The molecule has 1 unspecified atom stereocenters. The summed E-state index contributed by atoms with van der Waals surface area (Å²) in [5.74, 6) is 5.67. The molecule has 2 heterocycles. The number of rotatable bonds is 4. The minimum absolute atomic E-state index is 0.155. The van der Waals surface area contributed by atoms with Gasteiger partial charge in [-0.2, -0.15) is 5.10 Å². The minimum Gasteiger partial charge on any atom is -0.271 e. The Morgan fingerprint density at radius 3 is 2.70 bits per heavy atom. The smallest absolute Gasteiger partial charge is 0.130 e. The van der Waals surface area contributed by atoms with Gasteiger partial charge in [-0.3, -0.25) is 20.9 Å². The number of nitrogens with two attached hydrogens (primary N) is 1. The van der Waals surface area contributed by atoms with Gasteiger partial charge in [0.15, 0.2) is 0 Å². The van der Waals surface area contributed by atoms with Crippen molar-refractivity contribution in [2.75, 3.05) is 0 Å². The van der Waals surface area contributed by atoms with Crippen molar-refractivity contribution < 1.29 is 0 Å². The third-order valence-electron chi connectivity index (χ3n) is 3.05. The van der Waals surface area contributed by atoms with E-state index in [1.54, 1.807) is 10.9 Å². The average Bonchev–Trinajstić information content (AvgIpc) is 2.62. The molecule has 0 aliphatic rings. The summed E-state index contributed by atoms with van der Waals surface area (Å²) in [6, 6.07) is 1.78. The van der Waals surface area contributed by atoms with Crippen molar-refractivity contribution in [2.45, 2.75) is 19.4 Å². The maximum Gasteiger partial charge on any atom is 0.130 e. The Hall–Kier alpha value is -0.470. The van der Waals surface area contributed by atoms with E-state index in [0.717, 1.165) is 25.9 Å². The molecule has 0 fully saturated rings. The van der Waals surface area contributed by atoms with Crippen LogP contribution in [0.1, 0.15) is 23.0 Å². The van der Waals surface area contributed by atoms with E-state index in [2.05, 4.69) is 47.4 Å². The second-order valence-electron chi connectivity index (χ2n) is 4.42. The van der Waals surface area contributed by atoms with Crippen LogP contribution in [0.2, 0.25) is 5.15 Å². The van der Waals surface area contributed by atoms with E-state index in [-0.39, 0.29) is 6.04 Å². The van der Waals surface area contributed by atoms with Crippen molar-refractivity contribution in [1.82, 2.24) is 20.2 Å². The summed E-state index contributed by atoms with van der Waals surface area (Å²) >= 11 is 13.1. The topological polar surface area (TPSA) is 68.8 Å². The summed E-state index contributed by atoms with van der Waals surface area (Å²) in [6.07, 6.45) is 2.35. The monoisotopic (exact) mass is 421 g/mol. The molecule has 2 rings (SSSR count). The molecule has 0 amide bonds. The third-order valence-corrected chi connectivity index (χ3v) is 4.59. The fourth-order valence-corrected chi connectivity index (χ4v) is 3.54. The lowest BCUT2D eigenvalue weighted by Crippen LogP contribution is -2.30. The van der Waals surface area contributed by atoms with Crippen LogP contribution in [0.3, 0.4) is 0 Å². The van der Waals surface area contributed by atoms with E-state index < -0.39 is 0 Å². The van der Waals surface area contributed by atoms with Crippen molar-refractivity contribution >= 4 is 43.5 Å². The molecule has 20 heavy (non-hydrogen) atoms. The van der Waals surface area contributed by atoms with Crippen LogP contribution in [0.4, 0.5) is 0 Å². The molecule has 8 heteroatoms. The molecule has 2 aromatic rings. The van der Waals surface area contributed by atoms with E-state index in [0.29, 0.717) is 11.6 Å². The Kier molecular flexibility index (Phi) is 5.19. The summed E-state index contributed by atoms with van der Waals surface area (Å²) in [6.45, 7) is 1.93. The maximum atomic E-state index is 6.26. The second kappa shape index (κ2) is 6.53. The molecule has 0 saturated carbocycles. The summed E-state index contributed by atoms with van der Waals surface area (Å²) in [4.78, 5) is 4.40. The second-order valence-corrected chi connectivity index (χ2v) is 6.55. The highest BCUT2D eigenvalue weighted by atomic mass is 79.9. The van der Waals surface area contributed by atoms with Crippen molar-refractivity contribution in [2.24, 2.45) is 12.9 Å². The summed E-state index contributed by atoms with van der Waals surface area (Å²) in [5.41, 5.74) is 5.48. The molecule has 0 saturated heterocycles. The molecular weight excluding hydrogens is 409 g/mol. The van der Waals surface area contributed by atoms with Crippen LogP contribution in [0.5, 0.6) is 0 Å². The molecule has 2 aromatic heterocycles. The molecule has 0 bridgehead atoms. The number of nitrogens with zero attached hydrogens (tertiary/aromatic N) is 3. The summed E-state index contributed by atoms with van der Waals surface area (Å²) in [7, 11) is 1.82. The molecule has 0 aromatic carbocycles. The predicted molar refractivity (Wildman–Crippen MR) is 86.4 cm³/mol. The molecular formula is C12H14Br2ClN5. The van der Waals surface area contributed by atoms with E-state index in [4.69, 9.17) is 17.4 Å². The van der Waals surface area contributed by atoms with Crippen LogP contribution >= 0.6 is 43.5 Å². The Bertz CT molecular complexity index is 629. The fourth-order valence-electron chi connectivity index (χ4n) is 2.03. The molecule has 0 radical (unpaired) electrons. The number of aryl methyl sites for hydroxylation is 2. The zero-order valence-electron chi connectivity index (χ0n) is 11.0. The first kappa shape index (κ1) is 15.9. The van der Waals surface area contributed by atoms with Gasteiger partial charge in [-0.05, 0) is 51.3 Å². The average molecular weight is 424 g/mol. The maximum absolute atomic E-state index is 6.26. The van der Waals surface area contributed by atoms with Crippen molar-refractivity contribution in [3.63, 3.8) is 0 Å². The zero-order chi connectivity index (χ0) is 14.9. The van der Waals surface area contributed by atoms with Crippen LogP contribution < -0.4 is 11.3 Å². The van der Waals surface area contributed by atoms with Gasteiger partial charge in [0.25, 0.3) is 0 Å². The highest BCUT2D eigenvalue weighted by Gasteiger charge is 2.20. The molecule has 108 valence electrons. The molecule has 1 atom stereocenters. The summed E-state index contributed by atoms with van der Waals surface area (Å²) in [5, 5.41) is 4.93. The fraction of sp³-hybridized carbons (Fsp3) is 0.333. The van der Waals surface area contributed by atoms with Crippen LogP contribution in [-0.2, 0) is 13.5 Å². The largest absolute Gasteiger partial charge is 0.271 e. The van der Waals surface area contributed by atoms with Gasteiger partial charge in [-0.1, -0.05) is 11.6 Å². The first-order valence-electron chi connectivity index (χ1n) is 5.89. The lowest BCUT2D eigenvalue weighted by molar-refractivity contribution is 0.535. The van der Waals surface area contributed by atoms with Crippen molar-refractivity contribution in [1.29, 1.82) is 0 Å². The van der Waals surface area contributed by atoms with Gasteiger partial charge in [0, 0.05) is 27.8 Å². The molecule has 3 N–H and O–H groups in total. The van der Waals surface area contributed by atoms with Crippen LogP contribution in [-0.4, -0.2) is 14.8 Å². The Morgan fingerprint density at radius 2 is 2.20 bits per heavy atom. The number of hydrazine groups is 1. The first-order valence-corrected chi connectivity index (χ1v) is 7.85. The van der Waals surface area contributed by atoms with Crippen LogP contribution in [0.25, 0.3) is 0 Å². The number of halogens is 3. The van der Waals surface area contributed by atoms with Gasteiger partial charge in [0.1, 0.15) is 5.15 Å². The van der Waals surface area contributed by atoms with E-state index in [1.807, 2.05) is 20.0 Å². The molecule has 0 aliphatic carbocycles. The number of hydrogen-bond donors (Lipinski definition) is 2. The number of nitrogens with one attached hydrogen (secondary N) is 1. The lowest BCUT2D eigenvalue weighted by Gasteiger charge is -2.17. The quantitative estimate of drug-likeness (QED) is 0.586. The van der Waals surface area contributed by atoms with Gasteiger partial charge in [-0.25, -0.2) is 0 Å². The highest BCUT2D eigenvalue weighted by Crippen LogP contribution is 2.29. The Balaban J connectivity index is 2.33. The molecule has 5 nitrogen and oxygen atoms in total. The van der Waals surface area contributed by atoms with Gasteiger partial charge in [0.05, 0.1) is 17.4 Å². The normalized spacial score (nSPS) is 12.7. The van der Waals surface area contributed by atoms with E-state index in [9.17, 15) is 0 Å². The lowest BCUT2D eigenvalue weighted by atomic mass is 10.0. The third kappa shape index (κ3) is 3.23. The summed E-state index contributed by atoms with van der Waals surface area (Å²) < 4.78 is 3.44. The number of pyridine rings is 1. The van der Waals surface area contributed by atoms with Gasteiger partial charge < -0.3 is 0 Å². The minimum atomic E-state index is -0.155.